The molecule has 1 heterocycles. The fraction of sp³-hybridized carbons (Fsp3) is 0.643. The second kappa shape index (κ2) is 8.16. The number of rotatable bonds is 3. The minimum Gasteiger partial charge on any atom is -0.466 e. The van der Waals surface area contributed by atoms with Crippen LogP contribution in [0, 0.1) is 0 Å². The number of nitrogens with zero attached hydrogens (tertiary/aromatic N) is 1. The molecule has 0 aromatic rings. The normalized spacial score (nSPS) is 17.7. The first-order valence-corrected chi connectivity index (χ1v) is 8.74. The molecule has 2 N–H and O–H groups in total. The second-order valence-electron chi connectivity index (χ2n) is 6.19. The van der Waals surface area contributed by atoms with Gasteiger partial charge < -0.3 is 24.0 Å². The summed E-state index contributed by atoms with van der Waals surface area (Å²) in [6.07, 6.45) is -1.02. The number of carbonyl (C=O) groups is 2. The van der Waals surface area contributed by atoms with Gasteiger partial charge in [0.1, 0.15) is 11.4 Å². The van der Waals surface area contributed by atoms with E-state index in [1.807, 2.05) is 0 Å². The van der Waals surface area contributed by atoms with Crippen molar-refractivity contribution in [3.05, 3.63) is 11.3 Å². The Bertz CT molecular complexity index is 678. The first kappa shape index (κ1) is 24.1. The zero-order chi connectivity index (χ0) is 19.6. The highest BCUT2D eigenvalue weighted by atomic mass is 32.2. The lowest BCUT2D eigenvalue weighted by molar-refractivity contribution is -0.136. The SMILES string of the molecule is C=S(=O)(OC1=C(C(=O)OC)CN(C(=O)OC(C)(C)C)CC1)C(F)(F)F.O. The largest absolute Gasteiger partial charge is 0.496 e. The number of esters is 1. The lowest BCUT2D eigenvalue weighted by Crippen LogP contribution is -2.42. The maximum Gasteiger partial charge on any atom is 0.496 e. The summed E-state index contributed by atoms with van der Waals surface area (Å²) in [5, 5.41) is 0. The fourth-order valence-electron chi connectivity index (χ4n) is 1.83. The number of alkyl halides is 3. The van der Waals surface area contributed by atoms with Crippen molar-refractivity contribution in [1.82, 2.24) is 4.90 Å². The average Bonchev–Trinajstić information content (AvgIpc) is 2.43. The Hall–Kier alpha value is -1.95. The summed E-state index contributed by atoms with van der Waals surface area (Å²) in [4.78, 5) is 25.0. The molecule has 1 atom stereocenters. The van der Waals surface area contributed by atoms with E-state index in [0.717, 1.165) is 12.0 Å². The number of halogens is 3. The first-order chi connectivity index (χ1) is 11.2. The van der Waals surface area contributed by atoms with Gasteiger partial charge in [-0.1, -0.05) is 0 Å². The number of methoxy groups -OCH3 is 1. The lowest BCUT2D eigenvalue weighted by Gasteiger charge is -2.31. The highest BCUT2D eigenvalue weighted by Crippen LogP contribution is 2.30. The Balaban J connectivity index is 0.00000625. The van der Waals surface area contributed by atoms with E-state index in [1.165, 1.54) is 0 Å². The molecule has 0 radical (unpaired) electrons. The van der Waals surface area contributed by atoms with Crippen molar-refractivity contribution in [2.45, 2.75) is 38.3 Å². The number of amides is 1. The van der Waals surface area contributed by atoms with Gasteiger partial charge in [0.2, 0.25) is 9.80 Å². The predicted octanol–water partition coefficient (Wildman–Crippen LogP) is 1.40. The molecular weight excluding hydrogens is 383 g/mol. The molecule has 8 nitrogen and oxygen atoms in total. The van der Waals surface area contributed by atoms with E-state index in [9.17, 15) is 27.0 Å². The van der Waals surface area contributed by atoms with Gasteiger partial charge in [0.25, 0.3) is 0 Å². The van der Waals surface area contributed by atoms with Crippen molar-refractivity contribution >= 4 is 27.7 Å². The summed E-state index contributed by atoms with van der Waals surface area (Å²) in [5.41, 5.74) is -6.34. The summed E-state index contributed by atoms with van der Waals surface area (Å²) in [6.45, 7) is 4.44. The van der Waals surface area contributed by atoms with Gasteiger partial charge in [-0.05, 0) is 26.6 Å². The third kappa shape index (κ3) is 6.09. The van der Waals surface area contributed by atoms with Gasteiger partial charge in [0.05, 0.1) is 19.2 Å². The van der Waals surface area contributed by atoms with Gasteiger partial charge in [-0.25, -0.2) is 13.8 Å². The van der Waals surface area contributed by atoms with Crippen LogP contribution in [-0.2, 0) is 28.3 Å². The molecular formula is C14H22F3NO7S. The number of carbonyl (C=O) groups excluding carboxylic acids is 2. The lowest BCUT2D eigenvalue weighted by atomic mass is 10.1. The zero-order valence-corrected chi connectivity index (χ0v) is 15.6. The molecule has 0 aliphatic carbocycles. The maximum absolute atomic E-state index is 12.7. The zero-order valence-electron chi connectivity index (χ0n) is 14.8. The summed E-state index contributed by atoms with van der Waals surface area (Å²) in [6, 6.07) is 0. The van der Waals surface area contributed by atoms with Crippen LogP contribution in [0.2, 0.25) is 0 Å². The molecule has 152 valence electrons. The minimum atomic E-state index is -5.20. The van der Waals surface area contributed by atoms with Crippen LogP contribution in [0.25, 0.3) is 0 Å². The Kier molecular flexibility index (Phi) is 7.55. The van der Waals surface area contributed by atoms with Gasteiger partial charge in [-0.15, -0.1) is 0 Å². The highest BCUT2D eigenvalue weighted by molar-refractivity contribution is 7.96. The van der Waals surface area contributed by atoms with Crippen molar-refractivity contribution < 1.29 is 46.1 Å². The number of hydrogen-bond donors (Lipinski definition) is 0. The second-order valence-corrected chi connectivity index (χ2v) is 8.05. The predicted molar refractivity (Wildman–Crippen MR) is 87.5 cm³/mol. The molecule has 0 aromatic heterocycles. The molecule has 1 amide bonds. The van der Waals surface area contributed by atoms with Crippen LogP contribution in [0.15, 0.2) is 11.3 Å². The monoisotopic (exact) mass is 405 g/mol. The van der Waals surface area contributed by atoms with Gasteiger partial charge in [-0.3, -0.25) is 0 Å². The molecule has 26 heavy (non-hydrogen) atoms. The third-order valence-electron chi connectivity index (χ3n) is 2.97. The maximum atomic E-state index is 12.7. The molecule has 1 rings (SSSR count). The van der Waals surface area contributed by atoms with E-state index in [-0.39, 0.29) is 24.0 Å². The van der Waals surface area contributed by atoms with E-state index in [4.69, 9.17) is 4.74 Å². The Morgan fingerprint density at radius 2 is 1.77 bits per heavy atom. The molecule has 0 aromatic carbocycles. The molecule has 0 spiro atoms. The third-order valence-corrected chi connectivity index (χ3v) is 4.14. The van der Waals surface area contributed by atoms with E-state index in [1.54, 1.807) is 20.8 Å². The molecule has 0 saturated heterocycles. The molecule has 1 aliphatic rings. The fourth-order valence-corrected chi connectivity index (χ4v) is 2.43. The molecule has 12 heteroatoms. The van der Waals surface area contributed by atoms with Crippen LogP contribution in [0.4, 0.5) is 18.0 Å². The Morgan fingerprint density at radius 3 is 2.19 bits per heavy atom. The van der Waals surface area contributed by atoms with Crippen LogP contribution < -0.4 is 0 Å². The standard InChI is InChI=1S/C14H20F3NO6S.H2O/c1-13(2,3)23-12(20)18-7-6-10(9(8-18)11(19)22-4)24-25(5,21)14(15,16)17;/h5-8H2,1-4H3;1H2. The Labute approximate surface area is 149 Å². The first-order valence-electron chi connectivity index (χ1n) is 7.09. The smallest absolute Gasteiger partial charge is 0.466 e. The average molecular weight is 405 g/mol. The van der Waals surface area contributed by atoms with Gasteiger partial charge in [0.15, 0.2) is 0 Å². The molecule has 0 saturated carbocycles. The van der Waals surface area contributed by atoms with Crippen molar-refractivity contribution in [2.24, 2.45) is 0 Å². The van der Waals surface area contributed by atoms with Crippen LogP contribution >= 0.6 is 0 Å². The van der Waals surface area contributed by atoms with Crippen LogP contribution in [0.1, 0.15) is 27.2 Å². The topological polar surface area (TPSA) is 114 Å². The summed E-state index contributed by atoms with van der Waals surface area (Å²) in [7, 11) is -3.92. The number of hydrogen-bond acceptors (Lipinski definition) is 6. The van der Waals surface area contributed by atoms with Crippen LogP contribution in [0.3, 0.4) is 0 Å². The minimum absolute atomic E-state index is 0. The summed E-state index contributed by atoms with van der Waals surface area (Å²) in [5.74, 6) is 1.08. The molecule has 0 fully saturated rings. The molecule has 0 bridgehead atoms. The van der Waals surface area contributed by atoms with Crippen LogP contribution in [0.5, 0.6) is 0 Å². The molecule has 1 aliphatic heterocycles. The van der Waals surface area contributed by atoms with Gasteiger partial charge >= 0.3 is 17.6 Å². The van der Waals surface area contributed by atoms with E-state index in [2.05, 4.69) is 14.8 Å². The van der Waals surface area contributed by atoms with Crippen LogP contribution in [-0.4, -0.2) is 63.8 Å². The van der Waals surface area contributed by atoms with Crippen molar-refractivity contribution in [2.75, 3.05) is 20.2 Å². The van der Waals surface area contributed by atoms with E-state index in [0.29, 0.717) is 0 Å². The highest BCUT2D eigenvalue weighted by Gasteiger charge is 2.43. The Morgan fingerprint density at radius 1 is 1.23 bits per heavy atom. The quantitative estimate of drug-likeness (QED) is 0.518. The molecule has 1 unspecified atom stereocenters. The van der Waals surface area contributed by atoms with Crippen molar-refractivity contribution in [3.8, 4) is 0 Å². The van der Waals surface area contributed by atoms with Crippen molar-refractivity contribution in [1.29, 1.82) is 0 Å². The van der Waals surface area contributed by atoms with E-state index < -0.39 is 45.3 Å². The van der Waals surface area contributed by atoms with Gasteiger partial charge in [-0.2, -0.15) is 13.2 Å². The van der Waals surface area contributed by atoms with Crippen molar-refractivity contribution in [3.63, 3.8) is 0 Å². The van der Waals surface area contributed by atoms with Gasteiger partial charge in [0, 0.05) is 13.0 Å². The van der Waals surface area contributed by atoms with E-state index >= 15 is 0 Å². The summed E-state index contributed by atoms with van der Waals surface area (Å²) >= 11 is 0. The number of ether oxygens (including phenoxy) is 2. The summed E-state index contributed by atoms with van der Waals surface area (Å²) < 4.78 is 63.8.